The van der Waals surface area contributed by atoms with E-state index in [9.17, 15) is 13.6 Å². The molecule has 0 saturated heterocycles. The van der Waals surface area contributed by atoms with Gasteiger partial charge in [-0.25, -0.2) is 4.79 Å². The van der Waals surface area contributed by atoms with E-state index in [1.807, 2.05) is 0 Å². The molecule has 2 aliphatic carbocycles. The van der Waals surface area contributed by atoms with Crippen LogP contribution in [0.15, 0.2) is 0 Å². The van der Waals surface area contributed by atoms with Crippen molar-refractivity contribution in [2.45, 2.75) is 38.2 Å². The Labute approximate surface area is 75.3 Å². The molecule has 2 aliphatic rings. The fourth-order valence-electron chi connectivity index (χ4n) is 2.53. The van der Waals surface area contributed by atoms with Gasteiger partial charge in [0.2, 0.25) is 0 Å². The van der Waals surface area contributed by atoms with Gasteiger partial charge in [-0.15, -0.1) is 0 Å². The van der Waals surface area contributed by atoms with Gasteiger partial charge in [0.25, 0.3) is 0 Å². The van der Waals surface area contributed by atoms with Gasteiger partial charge in [-0.2, -0.15) is 8.78 Å². The smallest absolute Gasteiger partial charge is 0.374 e. The first-order valence-electron chi connectivity index (χ1n) is 4.65. The maximum Gasteiger partial charge on any atom is 0.374 e. The van der Waals surface area contributed by atoms with Gasteiger partial charge in [0.05, 0.1) is 0 Å². The Balaban J connectivity index is 1.86. The molecule has 3 unspecified atom stereocenters. The molecule has 0 spiro atoms. The van der Waals surface area contributed by atoms with Crippen molar-refractivity contribution in [2.24, 2.45) is 11.8 Å². The van der Waals surface area contributed by atoms with E-state index in [0.29, 0.717) is 11.8 Å². The van der Waals surface area contributed by atoms with E-state index >= 15 is 0 Å². The highest BCUT2D eigenvalue weighted by molar-refractivity contribution is 5.73. The molecule has 0 aromatic rings. The molecule has 3 atom stereocenters. The minimum Gasteiger partial charge on any atom is -0.458 e. The first-order valence-corrected chi connectivity index (χ1v) is 4.65. The molecule has 0 N–H and O–H groups in total. The third-order valence-electron chi connectivity index (χ3n) is 3.12. The van der Waals surface area contributed by atoms with Crippen LogP contribution in [0.4, 0.5) is 8.78 Å². The van der Waals surface area contributed by atoms with Crippen molar-refractivity contribution < 1.29 is 18.3 Å². The molecule has 0 amide bonds. The van der Waals surface area contributed by atoms with E-state index < -0.39 is 12.4 Å². The highest BCUT2D eigenvalue weighted by Gasteiger charge is 2.42. The van der Waals surface area contributed by atoms with Crippen molar-refractivity contribution in [3.63, 3.8) is 0 Å². The molecule has 0 aromatic carbocycles. The number of carbonyl (C=O) groups excluding carboxylic acids is 1. The van der Waals surface area contributed by atoms with Crippen molar-refractivity contribution in [3.8, 4) is 0 Å². The molecule has 2 fully saturated rings. The van der Waals surface area contributed by atoms with Gasteiger partial charge < -0.3 is 4.74 Å². The molecule has 0 radical (unpaired) electrons. The lowest BCUT2D eigenvalue weighted by molar-refractivity contribution is -0.164. The number of alkyl halides is 2. The first kappa shape index (κ1) is 8.91. The van der Waals surface area contributed by atoms with Gasteiger partial charge in [-0.05, 0) is 37.5 Å². The van der Waals surface area contributed by atoms with Crippen LogP contribution in [0, 0.1) is 11.8 Å². The number of esters is 1. The van der Waals surface area contributed by atoms with Gasteiger partial charge in [-0.1, -0.05) is 0 Å². The van der Waals surface area contributed by atoms with Crippen LogP contribution in [0.2, 0.25) is 0 Å². The summed E-state index contributed by atoms with van der Waals surface area (Å²) in [5.74, 6) is -0.384. The fraction of sp³-hybridized carbons (Fsp3) is 0.889. The van der Waals surface area contributed by atoms with E-state index in [-0.39, 0.29) is 6.10 Å². The average Bonchev–Trinajstić information content (AvgIpc) is 2.64. The van der Waals surface area contributed by atoms with Crippen molar-refractivity contribution in [3.05, 3.63) is 0 Å². The van der Waals surface area contributed by atoms with Gasteiger partial charge in [0.1, 0.15) is 6.10 Å². The Morgan fingerprint density at radius 1 is 1.31 bits per heavy atom. The number of rotatable bonds is 2. The first-order chi connectivity index (χ1) is 6.16. The van der Waals surface area contributed by atoms with E-state index in [2.05, 4.69) is 0 Å². The van der Waals surface area contributed by atoms with Gasteiger partial charge >= 0.3 is 12.4 Å². The molecule has 2 bridgehead atoms. The summed E-state index contributed by atoms with van der Waals surface area (Å²) in [7, 11) is 0. The van der Waals surface area contributed by atoms with Crippen LogP contribution in [0.5, 0.6) is 0 Å². The summed E-state index contributed by atoms with van der Waals surface area (Å²) in [5.41, 5.74) is 0. The number of hydrogen-bond donors (Lipinski definition) is 0. The predicted octanol–water partition coefficient (Wildman–Crippen LogP) is 1.98. The van der Waals surface area contributed by atoms with Gasteiger partial charge in [0, 0.05) is 0 Å². The number of fused-ring (bicyclic) bond motifs is 2. The zero-order valence-electron chi connectivity index (χ0n) is 7.21. The maximum absolute atomic E-state index is 11.8. The van der Waals surface area contributed by atoms with E-state index in [1.165, 1.54) is 6.42 Å². The lowest BCUT2D eigenvalue weighted by Crippen LogP contribution is -2.27. The Kier molecular flexibility index (Phi) is 2.22. The van der Waals surface area contributed by atoms with Crippen LogP contribution in [-0.4, -0.2) is 18.5 Å². The molecular formula is C9H12F2O2. The Bertz CT molecular complexity index is 218. The highest BCUT2D eigenvalue weighted by atomic mass is 19.3. The summed E-state index contributed by atoms with van der Waals surface area (Å²) >= 11 is 0. The second-order valence-electron chi connectivity index (χ2n) is 3.95. The number of halogens is 2. The van der Waals surface area contributed by atoms with Crippen molar-refractivity contribution >= 4 is 5.97 Å². The quantitative estimate of drug-likeness (QED) is 0.622. The topological polar surface area (TPSA) is 26.3 Å². The normalized spacial score (nSPS) is 37.0. The van der Waals surface area contributed by atoms with Crippen molar-refractivity contribution in [1.82, 2.24) is 0 Å². The lowest BCUT2D eigenvalue weighted by Gasteiger charge is -2.21. The molecule has 4 heteroatoms. The average molecular weight is 190 g/mol. The standard InChI is InChI=1S/C9H12F2O2/c10-8(11)9(12)13-7-4-5-1-2-6(7)3-5/h5-8H,1-4H2. The van der Waals surface area contributed by atoms with Crippen LogP contribution in [0.3, 0.4) is 0 Å². The summed E-state index contributed by atoms with van der Waals surface area (Å²) in [6.07, 6.45) is 0.864. The molecule has 2 rings (SSSR count). The van der Waals surface area contributed by atoms with Crippen LogP contribution in [-0.2, 0) is 9.53 Å². The SMILES string of the molecule is O=C(OC1CC2CCC1C2)C(F)F. The van der Waals surface area contributed by atoms with E-state index in [4.69, 9.17) is 4.74 Å². The van der Waals surface area contributed by atoms with Crippen molar-refractivity contribution in [1.29, 1.82) is 0 Å². The molecule has 74 valence electrons. The molecule has 2 nitrogen and oxygen atoms in total. The summed E-state index contributed by atoms with van der Waals surface area (Å²) < 4.78 is 28.4. The molecular weight excluding hydrogens is 178 g/mol. The molecule has 2 saturated carbocycles. The van der Waals surface area contributed by atoms with Gasteiger partial charge in [0.15, 0.2) is 0 Å². The summed E-state index contributed by atoms with van der Waals surface area (Å²) in [6.45, 7) is 0. The zero-order valence-corrected chi connectivity index (χ0v) is 7.21. The van der Waals surface area contributed by atoms with E-state index in [1.54, 1.807) is 0 Å². The molecule has 13 heavy (non-hydrogen) atoms. The molecule has 0 heterocycles. The zero-order chi connectivity index (χ0) is 9.42. The third kappa shape index (κ3) is 1.67. The number of hydrogen-bond acceptors (Lipinski definition) is 2. The predicted molar refractivity (Wildman–Crippen MR) is 41.3 cm³/mol. The van der Waals surface area contributed by atoms with Crippen molar-refractivity contribution in [2.75, 3.05) is 0 Å². The van der Waals surface area contributed by atoms with Crippen LogP contribution < -0.4 is 0 Å². The second-order valence-corrected chi connectivity index (χ2v) is 3.95. The largest absolute Gasteiger partial charge is 0.458 e. The lowest BCUT2D eigenvalue weighted by atomic mass is 9.98. The minimum atomic E-state index is -2.97. The van der Waals surface area contributed by atoms with Gasteiger partial charge in [-0.3, -0.25) is 0 Å². The highest BCUT2D eigenvalue weighted by Crippen LogP contribution is 2.45. The van der Waals surface area contributed by atoms with Crippen LogP contribution in [0.1, 0.15) is 25.7 Å². The molecule has 0 aliphatic heterocycles. The number of ether oxygens (including phenoxy) is 1. The minimum absolute atomic E-state index is 0.222. The second kappa shape index (κ2) is 3.24. The van der Waals surface area contributed by atoms with E-state index in [0.717, 1.165) is 19.3 Å². The summed E-state index contributed by atoms with van der Waals surface area (Å²) in [4.78, 5) is 10.6. The Morgan fingerprint density at radius 2 is 2.08 bits per heavy atom. The third-order valence-corrected chi connectivity index (χ3v) is 3.12. The monoisotopic (exact) mass is 190 g/mol. The van der Waals surface area contributed by atoms with Crippen LogP contribution in [0.25, 0.3) is 0 Å². The fourth-order valence-corrected chi connectivity index (χ4v) is 2.53. The number of carbonyl (C=O) groups is 1. The molecule has 0 aromatic heterocycles. The summed E-state index contributed by atoms with van der Waals surface area (Å²) in [5, 5.41) is 0. The summed E-state index contributed by atoms with van der Waals surface area (Å²) in [6, 6.07) is 0. The Morgan fingerprint density at radius 3 is 2.54 bits per heavy atom. The maximum atomic E-state index is 11.8. The Hall–Kier alpha value is -0.670. The van der Waals surface area contributed by atoms with Crippen LogP contribution >= 0.6 is 0 Å².